The molecule has 1 aromatic heterocycles. The summed E-state index contributed by atoms with van der Waals surface area (Å²) in [4.78, 5) is 33.8. The summed E-state index contributed by atoms with van der Waals surface area (Å²) in [5.74, 6) is -0.607. The summed E-state index contributed by atoms with van der Waals surface area (Å²) < 4.78 is 19.3. The van der Waals surface area contributed by atoms with Gasteiger partial charge in [-0.2, -0.15) is 0 Å². The number of hydrogen-bond acceptors (Lipinski definition) is 7. The lowest BCUT2D eigenvalue weighted by atomic mass is 10.0. The van der Waals surface area contributed by atoms with Crippen molar-refractivity contribution in [2.45, 2.75) is 129 Å². The molecule has 0 spiro atoms. The van der Waals surface area contributed by atoms with E-state index in [1.807, 2.05) is 0 Å². The molecule has 1 rings (SSSR count). The van der Waals surface area contributed by atoms with Gasteiger partial charge >= 0.3 is 17.8 Å². The van der Waals surface area contributed by atoms with Crippen LogP contribution in [0.3, 0.4) is 0 Å². The van der Waals surface area contributed by atoms with E-state index < -0.39 is 5.82 Å². The molecule has 0 saturated carbocycles. The van der Waals surface area contributed by atoms with Crippen molar-refractivity contribution in [3.8, 4) is 0 Å². The van der Waals surface area contributed by atoms with Gasteiger partial charge in [-0.05, 0) is 19.8 Å². The molecule has 1 aromatic rings. The van der Waals surface area contributed by atoms with Gasteiger partial charge in [-0.1, -0.05) is 101 Å². The Balaban J connectivity index is 1.76. The summed E-state index contributed by atoms with van der Waals surface area (Å²) in [6.07, 6.45) is 20.0. The number of halogens is 1. The number of unbranched alkanes of at least 4 members (excludes halogenated alkanes) is 15. The lowest BCUT2D eigenvalue weighted by Crippen LogP contribution is -2.04. The second-order valence-corrected chi connectivity index (χ2v) is 9.09. The predicted molar refractivity (Wildman–Crippen MR) is 132 cm³/mol. The monoisotopic (exact) mass is 502 g/mol. The molecule has 196 valence electrons. The van der Waals surface area contributed by atoms with Crippen LogP contribution >= 0.6 is 11.6 Å². The molecule has 0 fully saturated rings. The zero-order chi connectivity index (χ0) is 24.9. The van der Waals surface area contributed by atoms with Gasteiger partial charge in [0.1, 0.15) is 0 Å². The molecule has 8 heteroatoms. The Labute approximate surface area is 208 Å². The van der Waals surface area contributed by atoms with Gasteiger partial charge in [-0.3, -0.25) is 9.59 Å². The maximum atomic E-state index is 11.7. The minimum absolute atomic E-state index is 0.0437. The molecule has 0 atom stereocenters. The Morgan fingerprint density at radius 2 is 1.03 bits per heavy atom. The zero-order valence-electron chi connectivity index (χ0n) is 20.9. The van der Waals surface area contributed by atoms with Crippen LogP contribution in [0.2, 0.25) is 0 Å². The zero-order valence-corrected chi connectivity index (χ0v) is 21.6. The quantitative estimate of drug-likeness (QED) is 0.0928. The van der Waals surface area contributed by atoms with Crippen molar-refractivity contribution in [1.82, 2.24) is 0 Å². The van der Waals surface area contributed by atoms with E-state index in [2.05, 4.69) is 0 Å². The topological polar surface area (TPSA) is 96.0 Å². The smallest absolute Gasteiger partial charge is 0.457 e. The minimum atomic E-state index is -0.771. The number of hydrogen-bond donors (Lipinski definition) is 0. The van der Waals surface area contributed by atoms with Crippen LogP contribution in [-0.4, -0.2) is 18.0 Å². The van der Waals surface area contributed by atoms with E-state index in [0.29, 0.717) is 18.6 Å². The first-order valence-electron chi connectivity index (χ1n) is 13.0. The van der Waals surface area contributed by atoms with Gasteiger partial charge < -0.3 is 18.3 Å². The molecule has 34 heavy (non-hydrogen) atoms. The van der Waals surface area contributed by atoms with Crippen molar-refractivity contribution in [2.24, 2.45) is 0 Å². The largest absolute Gasteiger partial charge is 0.519 e. The highest BCUT2D eigenvalue weighted by atomic mass is 35.5. The first-order chi connectivity index (χ1) is 16.5. The molecule has 0 aliphatic heterocycles. The molecule has 0 aromatic carbocycles. The van der Waals surface area contributed by atoms with Crippen LogP contribution in [0.1, 0.15) is 127 Å². The normalized spacial score (nSPS) is 11.0. The molecule has 0 amide bonds. The molecule has 0 saturated heterocycles. The third-order valence-corrected chi connectivity index (χ3v) is 6.04. The van der Waals surface area contributed by atoms with Crippen LogP contribution in [0.4, 0.5) is 0 Å². The van der Waals surface area contributed by atoms with Crippen molar-refractivity contribution in [3.63, 3.8) is 0 Å². The average molecular weight is 503 g/mol. The van der Waals surface area contributed by atoms with Gasteiger partial charge in [0.2, 0.25) is 0 Å². The summed E-state index contributed by atoms with van der Waals surface area (Å²) in [5, 5.41) is 0. The first-order valence-corrected chi connectivity index (χ1v) is 13.5. The number of esters is 2. The standard InChI is InChI=1S/C26H43ClO7/c1-22-23(34-26(30)33-22)20-31-24(28)18-16-14-12-10-8-6-4-2-3-5-7-9-11-13-15-17-19-25(29)32-21-27/h2-21H2,1H3. The predicted octanol–water partition coefficient (Wildman–Crippen LogP) is 7.35. The van der Waals surface area contributed by atoms with Crippen LogP contribution < -0.4 is 5.82 Å². The third-order valence-electron chi connectivity index (χ3n) is 5.93. The maximum absolute atomic E-state index is 11.7. The van der Waals surface area contributed by atoms with Gasteiger partial charge in [0, 0.05) is 12.8 Å². The summed E-state index contributed by atoms with van der Waals surface area (Å²) in [6, 6.07) is -0.0437. The highest BCUT2D eigenvalue weighted by molar-refractivity contribution is 6.17. The SMILES string of the molecule is Cc1oc(=O)oc1COC(=O)CCCCCCCCCCCCCCCCCCC(=O)OCCl. The van der Waals surface area contributed by atoms with Crippen molar-refractivity contribution in [3.05, 3.63) is 22.1 Å². The first kappa shape index (κ1) is 30.3. The Morgan fingerprint density at radius 1 is 0.647 bits per heavy atom. The number of alkyl halides is 1. The number of carbonyl (C=O) groups is 2. The number of carbonyl (C=O) groups excluding carboxylic acids is 2. The Kier molecular flexibility index (Phi) is 18.3. The lowest BCUT2D eigenvalue weighted by Gasteiger charge is -2.04. The van der Waals surface area contributed by atoms with Crippen LogP contribution in [0.25, 0.3) is 0 Å². The molecule has 0 unspecified atom stereocenters. The van der Waals surface area contributed by atoms with Gasteiger partial charge in [-0.15, -0.1) is 0 Å². The van der Waals surface area contributed by atoms with Crippen molar-refractivity contribution >= 4 is 23.5 Å². The number of rotatable bonds is 22. The van der Waals surface area contributed by atoms with Crippen LogP contribution in [-0.2, 0) is 25.7 Å². The van der Waals surface area contributed by atoms with Gasteiger partial charge in [0.25, 0.3) is 0 Å². The van der Waals surface area contributed by atoms with Gasteiger partial charge in [0.05, 0.1) is 0 Å². The fourth-order valence-corrected chi connectivity index (χ4v) is 3.99. The highest BCUT2D eigenvalue weighted by Gasteiger charge is 2.11. The second-order valence-electron chi connectivity index (χ2n) is 8.88. The van der Waals surface area contributed by atoms with Crippen molar-refractivity contribution in [1.29, 1.82) is 0 Å². The van der Waals surface area contributed by atoms with Crippen LogP contribution in [0.15, 0.2) is 13.6 Å². The molecule has 0 N–H and O–H groups in total. The summed E-state index contributed by atoms with van der Waals surface area (Å²) in [7, 11) is 0. The van der Waals surface area contributed by atoms with Crippen LogP contribution in [0, 0.1) is 6.92 Å². The number of ether oxygens (including phenoxy) is 2. The summed E-state index contributed by atoms with van der Waals surface area (Å²) in [6.45, 7) is 1.55. The van der Waals surface area contributed by atoms with E-state index >= 15 is 0 Å². The van der Waals surface area contributed by atoms with E-state index in [0.717, 1.165) is 32.1 Å². The molecule has 0 bridgehead atoms. The average Bonchev–Trinajstić information content (AvgIpc) is 3.13. The third kappa shape index (κ3) is 16.8. The molecule has 1 heterocycles. The van der Waals surface area contributed by atoms with Crippen molar-refractivity contribution < 1.29 is 27.9 Å². The minimum Gasteiger partial charge on any atom is -0.457 e. The molecular formula is C26H43ClO7. The molecular weight excluding hydrogens is 460 g/mol. The lowest BCUT2D eigenvalue weighted by molar-refractivity contribution is -0.145. The van der Waals surface area contributed by atoms with E-state index in [1.165, 1.54) is 70.6 Å². The van der Waals surface area contributed by atoms with Gasteiger partial charge in [0.15, 0.2) is 24.2 Å². The fourth-order valence-electron chi connectivity index (χ4n) is 3.87. The second kappa shape index (κ2) is 20.6. The Hall–Kier alpha value is -1.76. The highest BCUT2D eigenvalue weighted by Crippen LogP contribution is 2.15. The van der Waals surface area contributed by atoms with E-state index in [9.17, 15) is 14.4 Å². The van der Waals surface area contributed by atoms with E-state index in [-0.39, 0.29) is 30.4 Å². The molecule has 7 nitrogen and oxygen atoms in total. The maximum Gasteiger partial charge on any atom is 0.519 e. The van der Waals surface area contributed by atoms with Gasteiger partial charge in [-0.25, -0.2) is 4.79 Å². The van der Waals surface area contributed by atoms with E-state index in [4.69, 9.17) is 29.9 Å². The summed E-state index contributed by atoms with van der Waals surface area (Å²) in [5.41, 5.74) is 0. The molecule has 0 aliphatic carbocycles. The Morgan fingerprint density at radius 3 is 1.38 bits per heavy atom. The van der Waals surface area contributed by atoms with Crippen molar-refractivity contribution in [2.75, 3.05) is 6.07 Å². The van der Waals surface area contributed by atoms with E-state index in [1.54, 1.807) is 6.92 Å². The Bertz CT molecular complexity index is 710. The summed E-state index contributed by atoms with van der Waals surface area (Å²) >= 11 is 5.35. The molecule has 0 aliphatic rings. The fraction of sp³-hybridized carbons (Fsp3) is 0.808. The molecule has 0 radical (unpaired) electrons. The van der Waals surface area contributed by atoms with Crippen LogP contribution in [0.5, 0.6) is 0 Å². The number of aryl methyl sites for hydroxylation is 1.